The lowest BCUT2D eigenvalue weighted by Gasteiger charge is -2.36. The molecule has 2 unspecified atom stereocenters. The van der Waals surface area contributed by atoms with Gasteiger partial charge in [-0.1, -0.05) is 0 Å². The Morgan fingerprint density at radius 1 is 1.19 bits per heavy atom. The standard InChI is InChI=1S/C15H15F3O3/c16-11-5-10(6-12(17)13(11)18)14(19)9-1-3-21-15(7-9)2-4-20-8-15/h5-6,9H,1-4,7-8H2. The topological polar surface area (TPSA) is 35.5 Å². The molecule has 0 radical (unpaired) electrons. The molecule has 3 rings (SSSR count). The van der Waals surface area contributed by atoms with Crippen LogP contribution in [0.15, 0.2) is 12.1 Å². The molecule has 1 aromatic carbocycles. The molecule has 0 saturated carbocycles. The number of rotatable bonds is 2. The van der Waals surface area contributed by atoms with E-state index in [1.165, 1.54) is 0 Å². The van der Waals surface area contributed by atoms with Gasteiger partial charge in [-0.25, -0.2) is 13.2 Å². The zero-order chi connectivity index (χ0) is 15.0. The van der Waals surface area contributed by atoms with Gasteiger partial charge in [-0.2, -0.15) is 0 Å². The molecular weight excluding hydrogens is 285 g/mol. The summed E-state index contributed by atoms with van der Waals surface area (Å²) in [6.45, 7) is 1.43. The molecule has 0 aromatic heterocycles. The van der Waals surface area contributed by atoms with E-state index in [0.29, 0.717) is 39.1 Å². The molecule has 21 heavy (non-hydrogen) atoms. The summed E-state index contributed by atoms with van der Waals surface area (Å²) in [5, 5.41) is 0. The second-order valence-corrected chi connectivity index (χ2v) is 5.64. The van der Waals surface area contributed by atoms with Crippen LogP contribution >= 0.6 is 0 Å². The van der Waals surface area contributed by atoms with Crippen LogP contribution in [-0.2, 0) is 9.47 Å². The van der Waals surface area contributed by atoms with Crippen LogP contribution in [0.1, 0.15) is 29.6 Å². The fraction of sp³-hybridized carbons (Fsp3) is 0.533. The molecule has 6 heteroatoms. The minimum Gasteiger partial charge on any atom is -0.378 e. The summed E-state index contributed by atoms with van der Waals surface area (Å²) in [7, 11) is 0. The van der Waals surface area contributed by atoms with E-state index in [-0.39, 0.29) is 17.3 Å². The number of ether oxygens (including phenoxy) is 2. The predicted octanol–water partition coefficient (Wildman–Crippen LogP) is 2.87. The van der Waals surface area contributed by atoms with E-state index >= 15 is 0 Å². The molecule has 2 saturated heterocycles. The zero-order valence-corrected chi connectivity index (χ0v) is 11.3. The van der Waals surface area contributed by atoms with Gasteiger partial charge in [0.1, 0.15) is 0 Å². The Kier molecular flexibility index (Phi) is 3.75. The van der Waals surface area contributed by atoms with Crippen molar-refractivity contribution in [3.63, 3.8) is 0 Å². The van der Waals surface area contributed by atoms with Gasteiger partial charge in [-0.05, 0) is 25.0 Å². The second-order valence-electron chi connectivity index (χ2n) is 5.64. The van der Waals surface area contributed by atoms with Crippen LogP contribution < -0.4 is 0 Å². The summed E-state index contributed by atoms with van der Waals surface area (Å²) in [6.07, 6.45) is 1.66. The summed E-state index contributed by atoms with van der Waals surface area (Å²) in [4.78, 5) is 12.4. The molecule has 3 nitrogen and oxygen atoms in total. The number of carbonyl (C=O) groups is 1. The van der Waals surface area contributed by atoms with E-state index < -0.39 is 23.1 Å². The Morgan fingerprint density at radius 2 is 1.90 bits per heavy atom. The number of halogens is 3. The van der Waals surface area contributed by atoms with Crippen LogP contribution in [0.25, 0.3) is 0 Å². The van der Waals surface area contributed by atoms with Gasteiger partial charge < -0.3 is 9.47 Å². The first-order chi connectivity index (χ1) is 10.0. The van der Waals surface area contributed by atoms with E-state index in [1.807, 2.05) is 0 Å². The number of hydrogen-bond acceptors (Lipinski definition) is 3. The van der Waals surface area contributed by atoms with Crippen LogP contribution in [0.3, 0.4) is 0 Å². The normalized spacial score (nSPS) is 29.0. The van der Waals surface area contributed by atoms with E-state index in [1.54, 1.807) is 0 Å². The molecule has 2 heterocycles. The fourth-order valence-electron chi connectivity index (χ4n) is 3.05. The molecule has 2 aliphatic heterocycles. The van der Waals surface area contributed by atoms with Crippen molar-refractivity contribution < 1.29 is 27.4 Å². The average molecular weight is 300 g/mol. The van der Waals surface area contributed by atoms with Gasteiger partial charge >= 0.3 is 0 Å². The predicted molar refractivity (Wildman–Crippen MR) is 67.5 cm³/mol. The first-order valence-electron chi connectivity index (χ1n) is 6.91. The Morgan fingerprint density at radius 3 is 2.52 bits per heavy atom. The SMILES string of the molecule is O=C(c1cc(F)c(F)c(F)c1)C1CCOC2(CCOC2)C1. The van der Waals surface area contributed by atoms with Gasteiger partial charge in [-0.3, -0.25) is 4.79 Å². The first-order valence-corrected chi connectivity index (χ1v) is 6.91. The van der Waals surface area contributed by atoms with Gasteiger partial charge in [0.05, 0.1) is 12.2 Å². The molecule has 0 amide bonds. The fourth-order valence-corrected chi connectivity index (χ4v) is 3.05. The zero-order valence-electron chi connectivity index (χ0n) is 11.3. The molecule has 1 aromatic rings. The molecule has 1 spiro atoms. The Hall–Kier alpha value is -1.40. The van der Waals surface area contributed by atoms with Crippen LogP contribution in [0.5, 0.6) is 0 Å². The molecular formula is C15H15F3O3. The third-order valence-electron chi connectivity index (χ3n) is 4.20. The molecule has 2 fully saturated rings. The van der Waals surface area contributed by atoms with E-state index in [9.17, 15) is 18.0 Å². The van der Waals surface area contributed by atoms with Crippen LogP contribution in [-0.4, -0.2) is 31.2 Å². The number of Topliss-reactive ketones (excluding diaryl/α,β-unsaturated/α-hetero) is 1. The lowest BCUT2D eigenvalue weighted by molar-refractivity contribution is -0.0920. The van der Waals surface area contributed by atoms with Crippen LogP contribution in [0.4, 0.5) is 13.2 Å². The second kappa shape index (κ2) is 5.42. The number of hydrogen-bond donors (Lipinski definition) is 0. The maximum atomic E-state index is 13.3. The van der Waals surface area contributed by atoms with Crippen LogP contribution in [0, 0.1) is 23.4 Å². The van der Waals surface area contributed by atoms with Gasteiger partial charge in [0, 0.05) is 31.1 Å². The first kappa shape index (κ1) is 14.5. The monoisotopic (exact) mass is 300 g/mol. The highest BCUT2D eigenvalue weighted by molar-refractivity contribution is 5.98. The third kappa shape index (κ3) is 2.70. The molecule has 0 aliphatic carbocycles. The molecule has 0 N–H and O–H groups in total. The van der Waals surface area contributed by atoms with Gasteiger partial charge in [0.15, 0.2) is 23.2 Å². The van der Waals surface area contributed by atoms with Gasteiger partial charge in [0.25, 0.3) is 0 Å². The Labute approximate surface area is 120 Å². The van der Waals surface area contributed by atoms with E-state index in [0.717, 1.165) is 12.1 Å². The molecule has 2 atom stereocenters. The highest BCUT2D eigenvalue weighted by Gasteiger charge is 2.43. The minimum atomic E-state index is -1.56. The molecule has 114 valence electrons. The summed E-state index contributed by atoms with van der Waals surface area (Å²) in [5.41, 5.74) is -0.595. The van der Waals surface area contributed by atoms with Crippen LogP contribution in [0.2, 0.25) is 0 Å². The number of benzene rings is 1. The van der Waals surface area contributed by atoms with Crippen molar-refractivity contribution >= 4 is 5.78 Å². The van der Waals surface area contributed by atoms with Crippen molar-refractivity contribution in [2.24, 2.45) is 5.92 Å². The highest BCUT2D eigenvalue weighted by atomic mass is 19.2. The average Bonchev–Trinajstić information content (AvgIpc) is 2.91. The molecule has 0 bridgehead atoms. The van der Waals surface area contributed by atoms with E-state index in [4.69, 9.17) is 9.47 Å². The summed E-state index contributed by atoms with van der Waals surface area (Å²) >= 11 is 0. The smallest absolute Gasteiger partial charge is 0.194 e. The van der Waals surface area contributed by atoms with Crippen molar-refractivity contribution in [2.45, 2.75) is 24.9 Å². The summed E-state index contributed by atoms with van der Waals surface area (Å²) in [5.74, 6) is -5.00. The lowest BCUT2D eigenvalue weighted by atomic mass is 9.81. The van der Waals surface area contributed by atoms with Crippen molar-refractivity contribution in [1.29, 1.82) is 0 Å². The van der Waals surface area contributed by atoms with Gasteiger partial charge in [-0.15, -0.1) is 0 Å². The Balaban J connectivity index is 1.81. The lowest BCUT2D eigenvalue weighted by Crippen LogP contribution is -2.42. The number of carbonyl (C=O) groups excluding carboxylic acids is 1. The third-order valence-corrected chi connectivity index (χ3v) is 4.20. The largest absolute Gasteiger partial charge is 0.378 e. The quantitative estimate of drug-likeness (QED) is 0.622. The van der Waals surface area contributed by atoms with Gasteiger partial charge in [0.2, 0.25) is 0 Å². The molecule has 2 aliphatic rings. The summed E-state index contributed by atoms with van der Waals surface area (Å²) in [6, 6.07) is 1.52. The van der Waals surface area contributed by atoms with Crippen molar-refractivity contribution in [3.05, 3.63) is 35.1 Å². The highest BCUT2D eigenvalue weighted by Crippen LogP contribution is 2.37. The van der Waals surface area contributed by atoms with Crippen molar-refractivity contribution in [3.8, 4) is 0 Å². The maximum Gasteiger partial charge on any atom is 0.194 e. The number of ketones is 1. The maximum absolute atomic E-state index is 13.3. The minimum absolute atomic E-state index is 0.132. The van der Waals surface area contributed by atoms with E-state index in [2.05, 4.69) is 0 Å². The Bertz CT molecular complexity index is 544. The van der Waals surface area contributed by atoms with Crippen molar-refractivity contribution in [2.75, 3.05) is 19.8 Å². The van der Waals surface area contributed by atoms with Crippen molar-refractivity contribution in [1.82, 2.24) is 0 Å². The summed E-state index contributed by atoms with van der Waals surface area (Å²) < 4.78 is 50.5.